The summed E-state index contributed by atoms with van der Waals surface area (Å²) in [6, 6.07) is 13.9. The number of rotatable bonds is 4. The fourth-order valence-corrected chi connectivity index (χ4v) is 2.42. The Hall–Kier alpha value is -3.02. The van der Waals surface area contributed by atoms with Gasteiger partial charge in [-0.15, -0.1) is 0 Å². The van der Waals surface area contributed by atoms with E-state index in [1.165, 1.54) is 12.1 Å². The standard InChI is InChI=1S/C17H13FN4O/c18-12-7-5-11(6-8-12)17-21-16(23-22-17)10-9-15-19-13-3-1-2-4-14(13)20-15/h1-8H,9-10H2,(H,19,20). The molecule has 2 aromatic heterocycles. The van der Waals surface area contributed by atoms with Gasteiger partial charge in [0.2, 0.25) is 11.7 Å². The molecule has 1 N–H and O–H groups in total. The molecule has 0 atom stereocenters. The first-order chi connectivity index (χ1) is 11.3. The van der Waals surface area contributed by atoms with Crippen molar-refractivity contribution < 1.29 is 8.91 Å². The van der Waals surface area contributed by atoms with Gasteiger partial charge in [0, 0.05) is 18.4 Å². The molecule has 0 amide bonds. The Kier molecular flexibility index (Phi) is 3.34. The Morgan fingerprint density at radius 1 is 0.957 bits per heavy atom. The van der Waals surface area contributed by atoms with Crippen LogP contribution in [-0.2, 0) is 12.8 Å². The quantitative estimate of drug-likeness (QED) is 0.626. The number of aromatic nitrogens is 4. The molecule has 0 bridgehead atoms. The lowest BCUT2D eigenvalue weighted by molar-refractivity contribution is 0.378. The highest BCUT2D eigenvalue weighted by atomic mass is 19.1. The molecule has 23 heavy (non-hydrogen) atoms. The van der Waals surface area contributed by atoms with Crippen LogP contribution in [0.3, 0.4) is 0 Å². The molecule has 0 saturated carbocycles. The second kappa shape index (κ2) is 5.64. The van der Waals surface area contributed by atoms with Gasteiger partial charge in [-0.2, -0.15) is 4.98 Å². The molecule has 0 aliphatic carbocycles. The fraction of sp³-hybridized carbons (Fsp3) is 0.118. The van der Waals surface area contributed by atoms with Crippen LogP contribution >= 0.6 is 0 Å². The van der Waals surface area contributed by atoms with Gasteiger partial charge in [0.05, 0.1) is 11.0 Å². The van der Waals surface area contributed by atoms with Crippen LogP contribution in [0, 0.1) is 5.82 Å². The molecule has 2 aromatic carbocycles. The Balaban J connectivity index is 1.48. The van der Waals surface area contributed by atoms with E-state index in [0.29, 0.717) is 24.6 Å². The lowest BCUT2D eigenvalue weighted by atomic mass is 10.2. The van der Waals surface area contributed by atoms with Crippen LogP contribution in [0.4, 0.5) is 4.39 Å². The van der Waals surface area contributed by atoms with Gasteiger partial charge < -0.3 is 9.51 Å². The number of para-hydroxylation sites is 2. The minimum absolute atomic E-state index is 0.289. The number of H-pyrrole nitrogens is 1. The number of halogens is 1. The van der Waals surface area contributed by atoms with Crippen molar-refractivity contribution >= 4 is 11.0 Å². The summed E-state index contributed by atoms with van der Waals surface area (Å²) in [5.74, 6) is 1.59. The first kappa shape index (κ1) is 13.6. The van der Waals surface area contributed by atoms with Crippen molar-refractivity contribution in [3.8, 4) is 11.4 Å². The molecule has 0 aliphatic rings. The third kappa shape index (κ3) is 2.83. The van der Waals surface area contributed by atoms with Crippen molar-refractivity contribution in [2.24, 2.45) is 0 Å². The highest BCUT2D eigenvalue weighted by Crippen LogP contribution is 2.17. The fourth-order valence-electron chi connectivity index (χ4n) is 2.42. The molecule has 6 heteroatoms. The number of aryl methyl sites for hydroxylation is 2. The summed E-state index contributed by atoms with van der Waals surface area (Å²) in [5, 5.41) is 3.93. The number of benzene rings is 2. The van der Waals surface area contributed by atoms with Crippen molar-refractivity contribution in [1.82, 2.24) is 20.1 Å². The van der Waals surface area contributed by atoms with Crippen LogP contribution in [0.5, 0.6) is 0 Å². The SMILES string of the molecule is Fc1ccc(-c2noc(CCc3nc4ccccc4[nH]3)n2)cc1. The van der Waals surface area contributed by atoms with Gasteiger partial charge >= 0.3 is 0 Å². The number of imidazole rings is 1. The molecule has 0 fully saturated rings. The normalized spacial score (nSPS) is 11.2. The van der Waals surface area contributed by atoms with Crippen LogP contribution in [0.15, 0.2) is 53.1 Å². The number of hydrogen-bond donors (Lipinski definition) is 1. The van der Waals surface area contributed by atoms with Crippen LogP contribution in [-0.4, -0.2) is 20.1 Å². The highest BCUT2D eigenvalue weighted by Gasteiger charge is 2.10. The van der Waals surface area contributed by atoms with Crippen LogP contribution < -0.4 is 0 Å². The topological polar surface area (TPSA) is 67.6 Å². The van der Waals surface area contributed by atoms with E-state index in [-0.39, 0.29) is 5.82 Å². The summed E-state index contributed by atoms with van der Waals surface area (Å²) in [5.41, 5.74) is 2.69. The lowest BCUT2D eigenvalue weighted by Crippen LogP contribution is -1.93. The summed E-state index contributed by atoms with van der Waals surface area (Å²) < 4.78 is 18.2. The van der Waals surface area contributed by atoms with E-state index in [0.717, 1.165) is 22.4 Å². The van der Waals surface area contributed by atoms with Crippen molar-refractivity contribution in [1.29, 1.82) is 0 Å². The molecule has 2 heterocycles. The molecule has 0 unspecified atom stereocenters. The third-order valence-electron chi connectivity index (χ3n) is 3.58. The maximum Gasteiger partial charge on any atom is 0.227 e. The monoisotopic (exact) mass is 308 g/mol. The first-order valence-electron chi connectivity index (χ1n) is 7.30. The largest absolute Gasteiger partial charge is 0.342 e. The van der Waals surface area contributed by atoms with E-state index in [4.69, 9.17) is 4.52 Å². The summed E-state index contributed by atoms with van der Waals surface area (Å²) in [6.45, 7) is 0. The van der Waals surface area contributed by atoms with Crippen LogP contribution in [0.2, 0.25) is 0 Å². The number of fused-ring (bicyclic) bond motifs is 1. The van der Waals surface area contributed by atoms with E-state index < -0.39 is 0 Å². The van der Waals surface area contributed by atoms with E-state index in [1.807, 2.05) is 24.3 Å². The Morgan fingerprint density at radius 3 is 2.61 bits per heavy atom. The third-order valence-corrected chi connectivity index (χ3v) is 3.58. The van der Waals surface area contributed by atoms with E-state index in [2.05, 4.69) is 20.1 Å². The van der Waals surface area contributed by atoms with Gasteiger partial charge in [-0.3, -0.25) is 0 Å². The van der Waals surface area contributed by atoms with Gasteiger partial charge in [0.1, 0.15) is 11.6 Å². The first-order valence-corrected chi connectivity index (χ1v) is 7.30. The van der Waals surface area contributed by atoms with Crippen LogP contribution in [0.1, 0.15) is 11.7 Å². The molecular formula is C17H13FN4O. The molecule has 4 aromatic rings. The van der Waals surface area contributed by atoms with Gasteiger partial charge in [0.15, 0.2) is 0 Å². The molecule has 4 rings (SSSR count). The average Bonchev–Trinajstić information content (AvgIpc) is 3.20. The van der Waals surface area contributed by atoms with Crippen molar-refractivity contribution in [3.63, 3.8) is 0 Å². The Bertz CT molecular complexity index is 910. The zero-order valence-corrected chi connectivity index (χ0v) is 12.2. The molecule has 114 valence electrons. The smallest absolute Gasteiger partial charge is 0.227 e. The number of nitrogens with zero attached hydrogens (tertiary/aromatic N) is 3. The van der Waals surface area contributed by atoms with Gasteiger partial charge in [0.25, 0.3) is 0 Å². The summed E-state index contributed by atoms with van der Waals surface area (Å²) in [7, 11) is 0. The van der Waals surface area contributed by atoms with Crippen molar-refractivity contribution in [2.75, 3.05) is 0 Å². The average molecular weight is 308 g/mol. The van der Waals surface area contributed by atoms with Gasteiger partial charge in [-0.1, -0.05) is 17.3 Å². The Labute approximate surface area is 131 Å². The lowest BCUT2D eigenvalue weighted by Gasteiger charge is -1.93. The molecule has 0 saturated heterocycles. The number of aromatic amines is 1. The maximum absolute atomic E-state index is 12.9. The molecule has 5 nitrogen and oxygen atoms in total. The van der Waals surface area contributed by atoms with Gasteiger partial charge in [-0.05, 0) is 36.4 Å². The summed E-state index contributed by atoms with van der Waals surface area (Å²) >= 11 is 0. The van der Waals surface area contributed by atoms with Crippen LogP contribution in [0.25, 0.3) is 22.4 Å². The predicted octanol–water partition coefficient (Wildman–Crippen LogP) is 3.54. The molecular weight excluding hydrogens is 295 g/mol. The minimum Gasteiger partial charge on any atom is -0.342 e. The summed E-state index contributed by atoms with van der Waals surface area (Å²) in [6.07, 6.45) is 1.27. The van der Waals surface area contributed by atoms with Gasteiger partial charge in [-0.25, -0.2) is 9.37 Å². The van der Waals surface area contributed by atoms with Crippen molar-refractivity contribution in [3.05, 3.63) is 66.1 Å². The Morgan fingerprint density at radius 2 is 1.78 bits per heavy atom. The zero-order chi connectivity index (χ0) is 15.6. The maximum atomic E-state index is 12.9. The molecule has 0 spiro atoms. The second-order valence-electron chi connectivity index (χ2n) is 5.22. The summed E-state index contributed by atoms with van der Waals surface area (Å²) in [4.78, 5) is 12.1. The number of hydrogen-bond acceptors (Lipinski definition) is 4. The van der Waals surface area contributed by atoms with E-state index in [1.54, 1.807) is 12.1 Å². The predicted molar refractivity (Wildman–Crippen MR) is 83.2 cm³/mol. The van der Waals surface area contributed by atoms with E-state index in [9.17, 15) is 4.39 Å². The second-order valence-corrected chi connectivity index (χ2v) is 5.22. The van der Waals surface area contributed by atoms with E-state index >= 15 is 0 Å². The molecule has 0 aliphatic heterocycles. The minimum atomic E-state index is -0.289. The zero-order valence-electron chi connectivity index (χ0n) is 12.2. The van der Waals surface area contributed by atoms with Crippen molar-refractivity contribution in [2.45, 2.75) is 12.8 Å². The highest BCUT2D eigenvalue weighted by molar-refractivity contribution is 5.74. The molecule has 0 radical (unpaired) electrons. The number of nitrogens with one attached hydrogen (secondary N) is 1.